The van der Waals surface area contributed by atoms with E-state index >= 15 is 0 Å². The Morgan fingerprint density at radius 1 is 1.00 bits per heavy atom. The van der Waals surface area contributed by atoms with Crippen molar-refractivity contribution in [1.29, 1.82) is 0 Å². The number of ether oxygens (including phenoxy) is 1. The van der Waals surface area contributed by atoms with Gasteiger partial charge in [-0.15, -0.1) is 6.58 Å². The lowest BCUT2D eigenvalue weighted by atomic mass is 9.85. The molecule has 4 rings (SSSR count). The molecular weight excluding hydrogens is 405 g/mol. The fraction of sp³-hybridized carbons (Fsp3) is 0.423. The van der Waals surface area contributed by atoms with Crippen molar-refractivity contribution >= 4 is 6.09 Å². The first kappa shape index (κ1) is 22.5. The van der Waals surface area contributed by atoms with E-state index in [1.807, 2.05) is 6.07 Å². The van der Waals surface area contributed by atoms with Crippen molar-refractivity contribution in [2.45, 2.75) is 31.5 Å². The molecule has 2 aliphatic heterocycles. The van der Waals surface area contributed by atoms with E-state index in [9.17, 15) is 9.18 Å². The molecule has 6 heteroatoms. The SMILES string of the molecule is C=CC[C@]1(c2ccc(F)cc2)CCN(Cc2ccccc2CN2CCN(C)CC2)C(=O)O1. The maximum absolute atomic E-state index is 13.4. The zero-order valence-corrected chi connectivity index (χ0v) is 18.8. The Morgan fingerprint density at radius 3 is 2.28 bits per heavy atom. The molecule has 2 aromatic carbocycles. The average Bonchev–Trinajstić information content (AvgIpc) is 2.79. The van der Waals surface area contributed by atoms with Gasteiger partial charge in [0.05, 0.1) is 0 Å². The Morgan fingerprint density at radius 2 is 1.66 bits per heavy atom. The molecule has 0 aromatic heterocycles. The summed E-state index contributed by atoms with van der Waals surface area (Å²) in [6.07, 6.45) is 2.56. The zero-order valence-electron chi connectivity index (χ0n) is 18.8. The minimum absolute atomic E-state index is 0.303. The van der Waals surface area contributed by atoms with Crippen molar-refractivity contribution in [3.63, 3.8) is 0 Å². The van der Waals surface area contributed by atoms with Gasteiger partial charge in [-0.2, -0.15) is 0 Å². The number of halogens is 1. The molecule has 0 bridgehead atoms. The third-order valence-corrected chi connectivity index (χ3v) is 6.64. The molecule has 0 saturated carbocycles. The highest BCUT2D eigenvalue weighted by Gasteiger charge is 2.41. The molecule has 1 atom stereocenters. The van der Waals surface area contributed by atoms with Crippen LogP contribution in [0.15, 0.2) is 61.2 Å². The largest absolute Gasteiger partial charge is 0.437 e. The van der Waals surface area contributed by atoms with Crippen molar-refractivity contribution in [1.82, 2.24) is 14.7 Å². The number of amides is 1. The summed E-state index contributed by atoms with van der Waals surface area (Å²) in [4.78, 5) is 19.6. The van der Waals surface area contributed by atoms with E-state index in [2.05, 4.69) is 41.6 Å². The molecule has 170 valence electrons. The second kappa shape index (κ2) is 9.84. The number of carbonyl (C=O) groups is 1. The summed E-state index contributed by atoms with van der Waals surface area (Å²) in [5.41, 5.74) is 2.43. The second-order valence-electron chi connectivity index (χ2n) is 8.88. The number of piperazine rings is 1. The summed E-state index contributed by atoms with van der Waals surface area (Å²) in [6.45, 7) is 10.1. The first-order valence-corrected chi connectivity index (χ1v) is 11.3. The maximum Gasteiger partial charge on any atom is 0.410 e. The topological polar surface area (TPSA) is 36.0 Å². The summed E-state index contributed by atoms with van der Waals surface area (Å²) in [6, 6.07) is 14.6. The molecule has 5 nitrogen and oxygen atoms in total. The molecule has 2 saturated heterocycles. The summed E-state index contributed by atoms with van der Waals surface area (Å²) < 4.78 is 19.4. The number of likely N-dealkylation sites (N-methyl/N-ethyl adjacent to an activating group) is 1. The van der Waals surface area contributed by atoms with Crippen LogP contribution in [0.2, 0.25) is 0 Å². The zero-order chi connectivity index (χ0) is 22.6. The van der Waals surface area contributed by atoms with Gasteiger partial charge in [-0.3, -0.25) is 4.90 Å². The normalized spacial score (nSPS) is 22.6. The summed E-state index contributed by atoms with van der Waals surface area (Å²) in [5, 5.41) is 0. The monoisotopic (exact) mass is 437 g/mol. The number of nitrogens with zero attached hydrogens (tertiary/aromatic N) is 3. The molecule has 2 aromatic rings. The average molecular weight is 438 g/mol. The molecule has 2 heterocycles. The molecule has 1 amide bonds. The van der Waals surface area contributed by atoms with Crippen LogP contribution in [0.5, 0.6) is 0 Å². The van der Waals surface area contributed by atoms with Crippen LogP contribution in [0.3, 0.4) is 0 Å². The van der Waals surface area contributed by atoms with Crippen LogP contribution in [0.4, 0.5) is 9.18 Å². The van der Waals surface area contributed by atoms with Gasteiger partial charge in [0.25, 0.3) is 0 Å². The molecular formula is C26H32FN3O2. The summed E-state index contributed by atoms with van der Waals surface area (Å²) >= 11 is 0. The van der Waals surface area contributed by atoms with Crippen LogP contribution in [0.1, 0.15) is 29.5 Å². The van der Waals surface area contributed by atoms with Crippen LogP contribution in [-0.2, 0) is 23.4 Å². The van der Waals surface area contributed by atoms with E-state index in [0.29, 0.717) is 25.9 Å². The highest BCUT2D eigenvalue weighted by molar-refractivity contribution is 5.69. The predicted octanol–water partition coefficient (Wildman–Crippen LogP) is 4.39. The fourth-order valence-corrected chi connectivity index (χ4v) is 4.60. The number of benzene rings is 2. The van der Waals surface area contributed by atoms with E-state index in [-0.39, 0.29) is 11.9 Å². The van der Waals surface area contributed by atoms with E-state index in [1.165, 1.54) is 17.7 Å². The Labute approximate surface area is 190 Å². The fourth-order valence-electron chi connectivity index (χ4n) is 4.60. The third kappa shape index (κ3) is 5.03. The molecule has 0 unspecified atom stereocenters. The summed E-state index contributed by atoms with van der Waals surface area (Å²) in [7, 11) is 2.16. The quantitative estimate of drug-likeness (QED) is 0.602. The Bertz CT molecular complexity index is 940. The minimum Gasteiger partial charge on any atom is -0.437 e. The molecule has 0 spiro atoms. The molecule has 2 fully saturated rings. The Hall–Kier alpha value is -2.70. The minimum atomic E-state index is -0.789. The van der Waals surface area contributed by atoms with Gasteiger partial charge in [-0.1, -0.05) is 42.5 Å². The first-order valence-electron chi connectivity index (χ1n) is 11.3. The maximum atomic E-state index is 13.4. The van der Waals surface area contributed by atoms with Gasteiger partial charge in [-0.25, -0.2) is 9.18 Å². The van der Waals surface area contributed by atoms with Gasteiger partial charge in [0.2, 0.25) is 0 Å². The van der Waals surface area contributed by atoms with Gasteiger partial charge in [-0.05, 0) is 35.9 Å². The van der Waals surface area contributed by atoms with Crippen LogP contribution >= 0.6 is 0 Å². The number of rotatable bonds is 7. The predicted molar refractivity (Wildman–Crippen MR) is 124 cm³/mol. The molecule has 0 aliphatic carbocycles. The number of hydrogen-bond donors (Lipinski definition) is 0. The van der Waals surface area contributed by atoms with Crippen molar-refractivity contribution < 1.29 is 13.9 Å². The van der Waals surface area contributed by atoms with Crippen LogP contribution in [0, 0.1) is 5.82 Å². The van der Waals surface area contributed by atoms with E-state index in [1.54, 1.807) is 23.1 Å². The van der Waals surface area contributed by atoms with Crippen molar-refractivity contribution in [3.8, 4) is 0 Å². The van der Waals surface area contributed by atoms with Gasteiger partial charge >= 0.3 is 6.09 Å². The lowest BCUT2D eigenvalue weighted by Crippen LogP contribution is -2.47. The van der Waals surface area contributed by atoms with Gasteiger partial charge in [0.15, 0.2) is 0 Å². The Balaban J connectivity index is 1.46. The highest BCUT2D eigenvalue weighted by Crippen LogP contribution is 2.38. The highest BCUT2D eigenvalue weighted by atomic mass is 19.1. The van der Waals surface area contributed by atoms with Gasteiger partial charge in [0.1, 0.15) is 11.4 Å². The smallest absolute Gasteiger partial charge is 0.410 e. The van der Waals surface area contributed by atoms with E-state index in [0.717, 1.165) is 43.9 Å². The van der Waals surface area contributed by atoms with E-state index in [4.69, 9.17) is 4.74 Å². The van der Waals surface area contributed by atoms with Gasteiger partial charge in [0, 0.05) is 58.7 Å². The third-order valence-electron chi connectivity index (χ3n) is 6.64. The van der Waals surface area contributed by atoms with Crippen LogP contribution in [0.25, 0.3) is 0 Å². The lowest BCUT2D eigenvalue weighted by Gasteiger charge is -2.41. The summed E-state index contributed by atoms with van der Waals surface area (Å²) in [5.74, 6) is -0.303. The van der Waals surface area contributed by atoms with Crippen LogP contribution in [-0.4, -0.2) is 60.6 Å². The second-order valence-corrected chi connectivity index (χ2v) is 8.88. The standard InChI is InChI=1S/C26H32FN3O2/c1-3-12-26(23-8-10-24(27)11-9-23)13-14-30(25(31)32-26)20-22-7-5-4-6-21(22)19-29-17-15-28(2)16-18-29/h3-11H,1,12-20H2,2H3/t26-/m1/s1. The number of hydrogen-bond acceptors (Lipinski definition) is 4. The molecule has 0 N–H and O–H groups in total. The van der Waals surface area contributed by atoms with Gasteiger partial charge < -0.3 is 14.5 Å². The lowest BCUT2D eigenvalue weighted by molar-refractivity contribution is -0.0529. The van der Waals surface area contributed by atoms with E-state index < -0.39 is 5.60 Å². The molecule has 2 aliphatic rings. The molecule has 32 heavy (non-hydrogen) atoms. The van der Waals surface area contributed by atoms with Crippen molar-refractivity contribution in [2.24, 2.45) is 0 Å². The van der Waals surface area contributed by atoms with Crippen LogP contribution < -0.4 is 0 Å². The molecule has 0 radical (unpaired) electrons. The Kier molecular flexibility index (Phi) is 6.92. The van der Waals surface area contributed by atoms with Crippen molar-refractivity contribution in [2.75, 3.05) is 39.8 Å². The first-order chi connectivity index (χ1) is 15.5. The van der Waals surface area contributed by atoms with Crippen molar-refractivity contribution in [3.05, 3.63) is 83.7 Å². The number of carbonyl (C=O) groups excluding carboxylic acids is 1. The number of cyclic esters (lactones) is 1.